The van der Waals surface area contributed by atoms with Gasteiger partial charge < -0.3 is 10.2 Å². The number of benzene rings is 1. The lowest BCUT2D eigenvalue weighted by Gasteiger charge is -2.25. The summed E-state index contributed by atoms with van der Waals surface area (Å²) in [6.07, 6.45) is 0.466. The van der Waals surface area contributed by atoms with Gasteiger partial charge in [-0.3, -0.25) is 0 Å². The van der Waals surface area contributed by atoms with Crippen molar-refractivity contribution in [2.75, 3.05) is 0 Å². The Morgan fingerprint density at radius 1 is 1.11 bits per heavy atom. The first-order valence-corrected chi connectivity index (χ1v) is 7.05. The van der Waals surface area contributed by atoms with Crippen LogP contribution in [-0.2, 0) is 6.42 Å². The van der Waals surface area contributed by atoms with Crippen LogP contribution in [0.1, 0.15) is 32.3 Å². The van der Waals surface area contributed by atoms with E-state index in [1.54, 1.807) is 18.2 Å². The summed E-state index contributed by atoms with van der Waals surface area (Å²) in [7, 11) is 0. The van der Waals surface area contributed by atoms with Gasteiger partial charge in [-0.25, -0.2) is 0 Å². The van der Waals surface area contributed by atoms with Gasteiger partial charge in [0.25, 0.3) is 0 Å². The molecule has 0 bridgehead atoms. The van der Waals surface area contributed by atoms with Crippen LogP contribution in [-0.4, -0.2) is 22.4 Å². The van der Waals surface area contributed by atoms with Crippen LogP contribution in [0.2, 0.25) is 10.0 Å². The molecule has 2 atom stereocenters. The zero-order valence-corrected chi connectivity index (χ0v) is 12.2. The summed E-state index contributed by atoms with van der Waals surface area (Å²) >= 11 is 11.9. The van der Waals surface area contributed by atoms with Crippen LogP contribution in [0.5, 0.6) is 0 Å². The van der Waals surface area contributed by atoms with E-state index in [1.165, 1.54) is 0 Å². The third kappa shape index (κ3) is 4.13. The fourth-order valence-corrected chi connectivity index (χ4v) is 2.52. The molecule has 102 valence electrons. The summed E-state index contributed by atoms with van der Waals surface area (Å²) in [4.78, 5) is 0. The van der Waals surface area contributed by atoms with Crippen LogP contribution in [0.15, 0.2) is 18.2 Å². The lowest BCUT2D eigenvalue weighted by molar-refractivity contribution is -0.0187. The first-order chi connectivity index (χ1) is 8.49. The SMILES string of the molecule is CCC(CC)C(O)C(O)Cc1cc(Cl)ccc1Cl. The van der Waals surface area contributed by atoms with Crippen molar-refractivity contribution in [2.24, 2.45) is 5.92 Å². The van der Waals surface area contributed by atoms with Crippen LogP contribution in [0.3, 0.4) is 0 Å². The molecule has 0 amide bonds. The molecule has 18 heavy (non-hydrogen) atoms. The monoisotopic (exact) mass is 290 g/mol. The van der Waals surface area contributed by atoms with E-state index >= 15 is 0 Å². The number of rotatable bonds is 6. The highest BCUT2D eigenvalue weighted by Gasteiger charge is 2.24. The molecule has 0 aliphatic rings. The quantitative estimate of drug-likeness (QED) is 0.839. The fourth-order valence-electron chi connectivity index (χ4n) is 2.13. The van der Waals surface area contributed by atoms with Crippen LogP contribution in [0.4, 0.5) is 0 Å². The molecule has 0 spiro atoms. The lowest BCUT2D eigenvalue weighted by Crippen LogP contribution is -2.34. The standard InChI is InChI=1S/C14H20Cl2O2/c1-3-9(4-2)14(18)13(17)8-10-7-11(15)5-6-12(10)16/h5-7,9,13-14,17-18H,3-4,8H2,1-2H3. The van der Waals surface area contributed by atoms with Crippen molar-refractivity contribution in [3.05, 3.63) is 33.8 Å². The second kappa shape index (κ2) is 7.34. The van der Waals surface area contributed by atoms with Gasteiger partial charge in [0.2, 0.25) is 0 Å². The Morgan fingerprint density at radius 3 is 2.28 bits per heavy atom. The van der Waals surface area contributed by atoms with Crippen molar-refractivity contribution in [1.82, 2.24) is 0 Å². The number of halogens is 2. The van der Waals surface area contributed by atoms with Crippen molar-refractivity contribution >= 4 is 23.2 Å². The van der Waals surface area contributed by atoms with E-state index in [0.717, 1.165) is 18.4 Å². The molecule has 1 aromatic carbocycles. The lowest BCUT2D eigenvalue weighted by atomic mass is 9.90. The molecular weight excluding hydrogens is 271 g/mol. The first-order valence-electron chi connectivity index (χ1n) is 6.29. The average Bonchev–Trinajstić information content (AvgIpc) is 2.35. The molecule has 0 aromatic heterocycles. The summed E-state index contributed by atoms with van der Waals surface area (Å²) in [5.74, 6) is 0.109. The topological polar surface area (TPSA) is 40.5 Å². The molecule has 4 heteroatoms. The van der Waals surface area contributed by atoms with E-state index in [9.17, 15) is 10.2 Å². The van der Waals surface area contributed by atoms with Crippen molar-refractivity contribution in [2.45, 2.75) is 45.3 Å². The van der Waals surface area contributed by atoms with Gasteiger partial charge in [-0.2, -0.15) is 0 Å². The van der Waals surface area contributed by atoms with Crippen LogP contribution >= 0.6 is 23.2 Å². The number of hydrogen-bond donors (Lipinski definition) is 2. The number of aliphatic hydroxyl groups is 2. The first kappa shape index (κ1) is 15.8. The van der Waals surface area contributed by atoms with Gasteiger partial charge >= 0.3 is 0 Å². The minimum Gasteiger partial charge on any atom is -0.390 e. The molecule has 0 aliphatic carbocycles. The molecule has 0 saturated carbocycles. The molecule has 0 fully saturated rings. The van der Waals surface area contributed by atoms with Gasteiger partial charge in [-0.05, 0) is 29.7 Å². The Labute approximate surface area is 119 Å². The summed E-state index contributed by atoms with van der Waals surface area (Å²) in [6.45, 7) is 4.02. The van der Waals surface area contributed by atoms with E-state index < -0.39 is 12.2 Å². The van der Waals surface area contributed by atoms with E-state index in [-0.39, 0.29) is 5.92 Å². The van der Waals surface area contributed by atoms with Gasteiger partial charge in [-0.15, -0.1) is 0 Å². The maximum atomic E-state index is 10.1. The normalized spacial score (nSPS) is 14.8. The highest BCUT2D eigenvalue weighted by Crippen LogP contribution is 2.24. The average molecular weight is 291 g/mol. The Morgan fingerprint density at radius 2 is 1.72 bits per heavy atom. The minimum atomic E-state index is -0.814. The second-order valence-electron chi connectivity index (χ2n) is 4.57. The minimum absolute atomic E-state index is 0.109. The molecule has 0 radical (unpaired) electrons. The Balaban J connectivity index is 2.74. The van der Waals surface area contributed by atoms with E-state index in [0.29, 0.717) is 16.5 Å². The summed E-state index contributed by atoms with van der Waals surface area (Å²) in [5.41, 5.74) is 0.765. The smallest absolute Gasteiger partial charge is 0.0842 e. The predicted octanol–water partition coefficient (Wildman–Crippen LogP) is 3.69. The number of hydrogen-bond acceptors (Lipinski definition) is 2. The largest absolute Gasteiger partial charge is 0.390 e. The molecule has 2 nitrogen and oxygen atoms in total. The third-order valence-corrected chi connectivity index (χ3v) is 3.97. The fraction of sp³-hybridized carbons (Fsp3) is 0.571. The predicted molar refractivity (Wildman–Crippen MR) is 76.3 cm³/mol. The maximum absolute atomic E-state index is 10.1. The van der Waals surface area contributed by atoms with Crippen molar-refractivity contribution in [1.29, 1.82) is 0 Å². The van der Waals surface area contributed by atoms with Crippen molar-refractivity contribution < 1.29 is 10.2 Å². The highest BCUT2D eigenvalue weighted by molar-refractivity contribution is 6.33. The zero-order chi connectivity index (χ0) is 13.7. The molecule has 0 saturated heterocycles. The summed E-state index contributed by atoms with van der Waals surface area (Å²) in [6, 6.07) is 5.14. The molecule has 0 aliphatic heterocycles. The van der Waals surface area contributed by atoms with Crippen LogP contribution in [0, 0.1) is 5.92 Å². The van der Waals surface area contributed by atoms with Gasteiger partial charge in [0.1, 0.15) is 0 Å². The Bertz CT molecular complexity index is 378. The van der Waals surface area contributed by atoms with Gasteiger partial charge in [0, 0.05) is 16.5 Å². The van der Waals surface area contributed by atoms with Crippen molar-refractivity contribution in [3.8, 4) is 0 Å². The van der Waals surface area contributed by atoms with Gasteiger partial charge in [-0.1, -0.05) is 49.9 Å². The Kier molecular flexibility index (Phi) is 6.44. The van der Waals surface area contributed by atoms with Crippen LogP contribution in [0.25, 0.3) is 0 Å². The maximum Gasteiger partial charge on any atom is 0.0842 e. The molecule has 2 unspecified atom stereocenters. The Hall–Kier alpha value is -0.280. The molecule has 1 aromatic rings. The number of aliphatic hydroxyl groups excluding tert-OH is 2. The van der Waals surface area contributed by atoms with Gasteiger partial charge in [0.05, 0.1) is 12.2 Å². The van der Waals surface area contributed by atoms with E-state index in [1.807, 2.05) is 13.8 Å². The van der Waals surface area contributed by atoms with E-state index in [2.05, 4.69) is 0 Å². The highest BCUT2D eigenvalue weighted by atomic mass is 35.5. The van der Waals surface area contributed by atoms with Gasteiger partial charge in [0.15, 0.2) is 0 Å². The summed E-state index contributed by atoms with van der Waals surface area (Å²) in [5, 5.41) is 21.3. The van der Waals surface area contributed by atoms with E-state index in [4.69, 9.17) is 23.2 Å². The van der Waals surface area contributed by atoms with Crippen LogP contribution < -0.4 is 0 Å². The molecule has 1 rings (SSSR count). The molecule has 2 N–H and O–H groups in total. The summed E-state index contributed by atoms with van der Waals surface area (Å²) < 4.78 is 0. The second-order valence-corrected chi connectivity index (χ2v) is 5.42. The zero-order valence-electron chi connectivity index (χ0n) is 10.7. The molecule has 0 heterocycles. The van der Waals surface area contributed by atoms with Crippen molar-refractivity contribution in [3.63, 3.8) is 0 Å². The third-order valence-electron chi connectivity index (χ3n) is 3.36. The molecular formula is C14H20Cl2O2.